The van der Waals surface area contributed by atoms with E-state index in [-0.39, 0.29) is 17.7 Å². The van der Waals surface area contributed by atoms with E-state index in [0.717, 1.165) is 6.08 Å². The largest absolute Gasteiger partial charge is 0.478 e. The van der Waals surface area contributed by atoms with Gasteiger partial charge in [-0.25, -0.2) is 14.4 Å². The topological polar surface area (TPSA) is 89.9 Å². The summed E-state index contributed by atoms with van der Waals surface area (Å²) in [6, 6.07) is 5.73. The molecule has 0 aliphatic heterocycles. The van der Waals surface area contributed by atoms with Crippen molar-refractivity contribution in [2.45, 2.75) is 19.4 Å². The Kier molecular flexibility index (Phi) is 6.13. The standard InChI is InChI=1S/C15H16O6/c1-3-10(21-13(16)4-2)9-20-15(19)12-8-6-5-7-11(12)14(17)18/h4-8,10H,2-3,9H2,1H3,(H,17,18). The third-order valence-electron chi connectivity index (χ3n) is 2.68. The van der Waals surface area contributed by atoms with E-state index < -0.39 is 24.0 Å². The molecule has 0 amide bonds. The zero-order valence-corrected chi connectivity index (χ0v) is 11.6. The molecule has 0 saturated carbocycles. The van der Waals surface area contributed by atoms with Crippen LogP contribution < -0.4 is 0 Å². The van der Waals surface area contributed by atoms with Crippen molar-refractivity contribution in [2.24, 2.45) is 0 Å². The van der Waals surface area contributed by atoms with Gasteiger partial charge < -0.3 is 14.6 Å². The molecule has 0 heterocycles. The van der Waals surface area contributed by atoms with Gasteiger partial charge in [-0.05, 0) is 18.6 Å². The maximum atomic E-state index is 11.9. The molecular weight excluding hydrogens is 276 g/mol. The molecule has 0 aliphatic carbocycles. The van der Waals surface area contributed by atoms with Crippen LogP contribution in [0.5, 0.6) is 0 Å². The predicted molar refractivity (Wildman–Crippen MR) is 74.1 cm³/mol. The first-order valence-electron chi connectivity index (χ1n) is 6.32. The Morgan fingerprint density at radius 2 is 1.90 bits per heavy atom. The van der Waals surface area contributed by atoms with Crippen LogP contribution in [-0.4, -0.2) is 35.7 Å². The molecule has 0 aliphatic rings. The van der Waals surface area contributed by atoms with Crippen molar-refractivity contribution in [3.63, 3.8) is 0 Å². The van der Waals surface area contributed by atoms with Gasteiger partial charge in [0.05, 0.1) is 11.1 Å². The van der Waals surface area contributed by atoms with Gasteiger partial charge in [0.2, 0.25) is 0 Å². The average molecular weight is 292 g/mol. The van der Waals surface area contributed by atoms with E-state index in [0.29, 0.717) is 6.42 Å². The second kappa shape index (κ2) is 7.84. The molecule has 112 valence electrons. The van der Waals surface area contributed by atoms with E-state index in [9.17, 15) is 14.4 Å². The van der Waals surface area contributed by atoms with E-state index in [1.807, 2.05) is 0 Å². The third-order valence-corrected chi connectivity index (χ3v) is 2.68. The Hall–Kier alpha value is -2.63. The Morgan fingerprint density at radius 1 is 1.29 bits per heavy atom. The SMILES string of the molecule is C=CC(=O)OC(CC)COC(=O)c1ccccc1C(=O)O. The number of esters is 2. The predicted octanol–water partition coefficient (Wildman–Crippen LogP) is 2.05. The van der Waals surface area contributed by atoms with Crippen molar-refractivity contribution < 1.29 is 29.0 Å². The maximum absolute atomic E-state index is 11.9. The van der Waals surface area contributed by atoms with Crippen molar-refractivity contribution in [1.29, 1.82) is 0 Å². The highest BCUT2D eigenvalue weighted by atomic mass is 16.6. The highest BCUT2D eigenvalue weighted by Crippen LogP contribution is 2.11. The molecule has 0 radical (unpaired) electrons. The molecule has 1 aromatic rings. The molecule has 6 nitrogen and oxygen atoms in total. The Morgan fingerprint density at radius 3 is 2.43 bits per heavy atom. The van der Waals surface area contributed by atoms with Gasteiger partial charge in [0, 0.05) is 6.08 Å². The number of benzene rings is 1. The van der Waals surface area contributed by atoms with Crippen LogP contribution in [0.25, 0.3) is 0 Å². The van der Waals surface area contributed by atoms with E-state index in [1.54, 1.807) is 6.92 Å². The fourth-order valence-electron chi connectivity index (χ4n) is 1.54. The minimum atomic E-state index is -1.22. The molecule has 0 aromatic heterocycles. The Balaban J connectivity index is 2.71. The summed E-state index contributed by atoms with van der Waals surface area (Å²) in [7, 11) is 0. The van der Waals surface area contributed by atoms with Crippen LogP contribution in [-0.2, 0) is 14.3 Å². The molecule has 1 aromatic carbocycles. The van der Waals surface area contributed by atoms with Crippen LogP contribution in [0.2, 0.25) is 0 Å². The normalized spacial score (nSPS) is 11.3. The fourth-order valence-corrected chi connectivity index (χ4v) is 1.54. The molecule has 1 N–H and O–H groups in total. The molecule has 0 fully saturated rings. The smallest absolute Gasteiger partial charge is 0.339 e. The minimum absolute atomic E-state index is 0.0464. The Bertz CT molecular complexity index is 549. The van der Waals surface area contributed by atoms with Gasteiger partial charge in [-0.1, -0.05) is 25.6 Å². The number of rotatable bonds is 7. The van der Waals surface area contributed by atoms with Crippen LogP contribution in [0, 0.1) is 0 Å². The van der Waals surface area contributed by atoms with E-state index >= 15 is 0 Å². The van der Waals surface area contributed by atoms with Gasteiger partial charge in [0.25, 0.3) is 0 Å². The number of carboxylic acids is 1. The first-order valence-corrected chi connectivity index (χ1v) is 6.32. The lowest BCUT2D eigenvalue weighted by atomic mass is 10.1. The van der Waals surface area contributed by atoms with Gasteiger partial charge in [0.1, 0.15) is 12.7 Å². The lowest BCUT2D eigenvalue weighted by Gasteiger charge is -2.15. The average Bonchev–Trinajstić information content (AvgIpc) is 2.50. The molecule has 6 heteroatoms. The van der Waals surface area contributed by atoms with E-state index in [4.69, 9.17) is 14.6 Å². The number of carbonyl (C=O) groups excluding carboxylic acids is 2. The highest BCUT2D eigenvalue weighted by Gasteiger charge is 2.19. The molecule has 0 saturated heterocycles. The summed E-state index contributed by atoms with van der Waals surface area (Å²) in [6.07, 6.45) is 0.869. The zero-order chi connectivity index (χ0) is 15.8. The summed E-state index contributed by atoms with van der Waals surface area (Å²) in [4.78, 5) is 34.0. The zero-order valence-electron chi connectivity index (χ0n) is 11.6. The summed E-state index contributed by atoms with van der Waals surface area (Å²) in [5.41, 5.74) is -0.187. The molecule has 0 bridgehead atoms. The van der Waals surface area contributed by atoms with Crippen LogP contribution in [0.15, 0.2) is 36.9 Å². The van der Waals surface area contributed by atoms with Crippen LogP contribution >= 0.6 is 0 Å². The van der Waals surface area contributed by atoms with Gasteiger partial charge in [0.15, 0.2) is 0 Å². The van der Waals surface area contributed by atoms with Gasteiger partial charge in [-0.2, -0.15) is 0 Å². The van der Waals surface area contributed by atoms with Gasteiger partial charge in [-0.15, -0.1) is 0 Å². The van der Waals surface area contributed by atoms with Crippen molar-refractivity contribution in [1.82, 2.24) is 0 Å². The number of ether oxygens (including phenoxy) is 2. The monoisotopic (exact) mass is 292 g/mol. The van der Waals surface area contributed by atoms with Crippen molar-refractivity contribution in [3.05, 3.63) is 48.0 Å². The lowest BCUT2D eigenvalue weighted by Crippen LogP contribution is -2.24. The fraction of sp³-hybridized carbons (Fsp3) is 0.267. The number of carbonyl (C=O) groups is 3. The lowest BCUT2D eigenvalue weighted by molar-refractivity contribution is -0.145. The summed E-state index contributed by atoms with van der Waals surface area (Å²) >= 11 is 0. The molecule has 1 atom stereocenters. The molecule has 21 heavy (non-hydrogen) atoms. The Labute approximate surface area is 122 Å². The van der Waals surface area contributed by atoms with Crippen LogP contribution in [0.4, 0.5) is 0 Å². The molecular formula is C15H16O6. The van der Waals surface area contributed by atoms with Crippen LogP contribution in [0.3, 0.4) is 0 Å². The van der Waals surface area contributed by atoms with E-state index in [2.05, 4.69) is 6.58 Å². The molecule has 0 spiro atoms. The second-order valence-electron chi connectivity index (χ2n) is 4.12. The number of hydrogen-bond acceptors (Lipinski definition) is 5. The van der Waals surface area contributed by atoms with Gasteiger partial charge >= 0.3 is 17.9 Å². The first-order chi connectivity index (χ1) is 9.99. The summed E-state index contributed by atoms with van der Waals surface area (Å²) in [5, 5.41) is 9.00. The summed E-state index contributed by atoms with van der Waals surface area (Å²) in [6.45, 7) is 4.89. The third kappa shape index (κ3) is 4.76. The summed E-state index contributed by atoms with van der Waals surface area (Å²) < 4.78 is 9.97. The van der Waals surface area contributed by atoms with Gasteiger partial charge in [-0.3, -0.25) is 0 Å². The number of aromatic carboxylic acids is 1. The first kappa shape index (κ1) is 16.4. The maximum Gasteiger partial charge on any atom is 0.339 e. The second-order valence-corrected chi connectivity index (χ2v) is 4.12. The number of carboxylic acid groups (broad SMARTS) is 1. The van der Waals surface area contributed by atoms with E-state index in [1.165, 1.54) is 24.3 Å². The minimum Gasteiger partial charge on any atom is -0.478 e. The molecule has 1 unspecified atom stereocenters. The van der Waals surface area contributed by atoms with Crippen LogP contribution in [0.1, 0.15) is 34.1 Å². The van der Waals surface area contributed by atoms with Crippen molar-refractivity contribution in [2.75, 3.05) is 6.61 Å². The molecule has 1 rings (SSSR count). The van der Waals surface area contributed by atoms with Crippen molar-refractivity contribution >= 4 is 17.9 Å². The quantitative estimate of drug-likeness (QED) is 0.611. The highest BCUT2D eigenvalue weighted by molar-refractivity contribution is 6.02. The summed E-state index contributed by atoms with van der Waals surface area (Å²) in [5.74, 6) is -2.60. The van der Waals surface area contributed by atoms with Crippen molar-refractivity contribution in [3.8, 4) is 0 Å². The number of hydrogen-bond donors (Lipinski definition) is 1.